The first kappa shape index (κ1) is 20.1. The van der Waals surface area contributed by atoms with Crippen molar-refractivity contribution < 1.29 is 9.18 Å². The number of hydrogen-bond acceptors (Lipinski definition) is 2. The van der Waals surface area contributed by atoms with Crippen molar-refractivity contribution in [3.05, 3.63) is 70.2 Å². The molecule has 1 amide bonds. The highest BCUT2D eigenvalue weighted by Gasteiger charge is 2.18. The molecule has 2 aromatic carbocycles. The standard InChI is InChI=1S/C23H28FN3O/c1-14-9-15(2)23-20(10-14)19(16(3)26-23)12-22(28)25-13-21(27(4)5)17-7-6-8-18(24)11-17/h6-11,21,26H,12-13H2,1-5H3,(H,25,28)/t21-/m0/s1. The maximum Gasteiger partial charge on any atom is 0.224 e. The summed E-state index contributed by atoms with van der Waals surface area (Å²) in [7, 11) is 3.86. The van der Waals surface area contributed by atoms with Gasteiger partial charge in [0.05, 0.1) is 12.5 Å². The Morgan fingerprint density at radius 1 is 1.18 bits per heavy atom. The number of rotatable bonds is 6. The molecule has 28 heavy (non-hydrogen) atoms. The zero-order valence-electron chi connectivity index (χ0n) is 17.2. The number of H-pyrrole nitrogens is 1. The summed E-state index contributed by atoms with van der Waals surface area (Å²) in [6.45, 7) is 6.58. The number of hydrogen-bond donors (Lipinski definition) is 2. The lowest BCUT2D eigenvalue weighted by molar-refractivity contribution is -0.120. The lowest BCUT2D eigenvalue weighted by Crippen LogP contribution is -2.35. The fourth-order valence-electron chi connectivity index (χ4n) is 3.81. The van der Waals surface area contributed by atoms with Crippen LogP contribution in [0.15, 0.2) is 36.4 Å². The van der Waals surface area contributed by atoms with E-state index in [9.17, 15) is 9.18 Å². The second-order valence-corrected chi connectivity index (χ2v) is 7.75. The fraction of sp³-hybridized carbons (Fsp3) is 0.348. The minimum absolute atomic E-state index is 0.0357. The average molecular weight is 381 g/mol. The average Bonchev–Trinajstić information content (AvgIpc) is 2.91. The molecule has 0 unspecified atom stereocenters. The molecule has 0 aliphatic heterocycles. The number of benzene rings is 2. The minimum Gasteiger partial charge on any atom is -0.358 e. The Balaban J connectivity index is 1.75. The third-order valence-electron chi connectivity index (χ3n) is 5.26. The van der Waals surface area contributed by atoms with Gasteiger partial charge in [0.2, 0.25) is 5.91 Å². The van der Waals surface area contributed by atoms with Crippen molar-refractivity contribution >= 4 is 16.8 Å². The molecule has 0 bridgehead atoms. The molecule has 0 saturated carbocycles. The predicted molar refractivity (Wildman–Crippen MR) is 112 cm³/mol. The molecule has 3 rings (SSSR count). The summed E-state index contributed by atoms with van der Waals surface area (Å²) in [5.74, 6) is -0.303. The molecule has 1 atom stereocenters. The topological polar surface area (TPSA) is 48.1 Å². The van der Waals surface area contributed by atoms with Crippen LogP contribution in [-0.4, -0.2) is 36.4 Å². The Morgan fingerprint density at radius 3 is 2.61 bits per heavy atom. The molecule has 0 spiro atoms. The highest BCUT2D eigenvalue weighted by molar-refractivity contribution is 5.92. The summed E-state index contributed by atoms with van der Waals surface area (Å²) < 4.78 is 13.6. The molecule has 0 saturated heterocycles. The SMILES string of the molecule is Cc1cc(C)c2[nH]c(C)c(CC(=O)NC[C@@H](c3cccc(F)c3)N(C)C)c2c1. The zero-order chi connectivity index (χ0) is 20.4. The Morgan fingerprint density at radius 2 is 1.93 bits per heavy atom. The number of carbonyl (C=O) groups excluding carboxylic acids is 1. The van der Waals surface area contributed by atoms with Gasteiger partial charge in [0.15, 0.2) is 0 Å². The van der Waals surface area contributed by atoms with Crippen LogP contribution >= 0.6 is 0 Å². The number of aryl methyl sites for hydroxylation is 3. The Labute approximate surface area is 165 Å². The molecule has 5 heteroatoms. The van der Waals surface area contributed by atoms with Crippen LogP contribution < -0.4 is 5.32 Å². The molecule has 148 valence electrons. The highest BCUT2D eigenvalue weighted by Crippen LogP contribution is 2.27. The van der Waals surface area contributed by atoms with Gasteiger partial charge in [-0.3, -0.25) is 4.79 Å². The third-order valence-corrected chi connectivity index (χ3v) is 5.26. The lowest BCUT2D eigenvalue weighted by Gasteiger charge is -2.25. The van der Waals surface area contributed by atoms with Crippen LogP contribution in [0.5, 0.6) is 0 Å². The van der Waals surface area contributed by atoms with Crippen LogP contribution in [0.2, 0.25) is 0 Å². The number of likely N-dealkylation sites (N-methyl/N-ethyl adjacent to an activating group) is 1. The van der Waals surface area contributed by atoms with E-state index in [0.29, 0.717) is 13.0 Å². The Hall–Kier alpha value is -2.66. The van der Waals surface area contributed by atoms with Crippen molar-refractivity contribution in [2.45, 2.75) is 33.2 Å². The molecule has 0 radical (unpaired) electrons. The van der Waals surface area contributed by atoms with Crippen LogP contribution in [0.25, 0.3) is 10.9 Å². The van der Waals surface area contributed by atoms with Crippen molar-refractivity contribution in [2.24, 2.45) is 0 Å². The molecule has 3 aromatic rings. The zero-order valence-corrected chi connectivity index (χ0v) is 17.2. The quantitative estimate of drug-likeness (QED) is 0.672. The van der Waals surface area contributed by atoms with Gasteiger partial charge in [0.1, 0.15) is 5.82 Å². The number of amides is 1. The van der Waals surface area contributed by atoms with Gasteiger partial charge in [-0.05, 0) is 69.8 Å². The first-order valence-electron chi connectivity index (χ1n) is 9.53. The van der Waals surface area contributed by atoms with Crippen LogP contribution in [0.4, 0.5) is 4.39 Å². The summed E-state index contributed by atoms with van der Waals surface area (Å²) in [4.78, 5) is 18.1. The van der Waals surface area contributed by atoms with Crippen molar-refractivity contribution in [3.8, 4) is 0 Å². The van der Waals surface area contributed by atoms with E-state index in [1.807, 2.05) is 32.0 Å². The normalized spacial score (nSPS) is 12.5. The number of nitrogens with one attached hydrogen (secondary N) is 2. The number of aromatic nitrogens is 1. The molecule has 0 aliphatic carbocycles. The molecule has 2 N–H and O–H groups in total. The summed E-state index contributed by atoms with van der Waals surface area (Å²) in [5, 5.41) is 4.14. The monoisotopic (exact) mass is 381 g/mol. The van der Waals surface area contributed by atoms with Gasteiger partial charge >= 0.3 is 0 Å². The Kier molecular flexibility index (Phi) is 5.84. The van der Waals surface area contributed by atoms with Crippen LogP contribution in [0, 0.1) is 26.6 Å². The van der Waals surface area contributed by atoms with Crippen molar-refractivity contribution in [2.75, 3.05) is 20.6 Å². The second-order valence-electron chi connectivity index (χ2n) is 7.75. The molecular formula is C23H28FN3O. The van der Waals surface area contributed by atoms with Crippen LogP contribution in [0.3, 0.4) is 0 Å². The van der Waals surface area contributed by atoms with Gasteiger partial charge < -0.3 is 15.2 Å². The van der Waals surface area contributed by atoms with E-state index in [1.165, 1.54) is 23.3 Å². The van der Waals surface area contributed by atoms with Gasteiger partial charge in [-0.15, -0.1) is 0 Å². The lowest BCUT2D eigenvalue weighted by atomic mass is 10.0. The van der Waals surface area contributed by atoms with E-state index in [-0.39, 0.29) is 17.8 Å². The Bertz CT molecular complexity index is 1010. The summed E-state index contributed by atoms with van der Waals surface area (Å²) in [5.41, 5.74) is 6.37. The molecule has 1 heterocycles. The minimum atomic E-state index is -0.268. The summed E-state index contributed by atoms with van der Waals surface area (Å²) >= 11 is 0. The molecule has 1 aromatic heterocycles. The van der Waals surface area contributed by atoms with E-state index in [1.54, 1.807) is 6.07 Å². The number of carbonyl (C=O) groups is 1. The largest absolute Gasteiger partial charge is 0.358 e. The smallest absolute Gasteiger partial charge is 0.224 e. The van der Waals surface area contributed by atoms with Crippen molar-refractivity contribution in [1.82, 2.24) is 15.2 Å². The maximum atomic E-state index is 13.6. The predicted octanol–water partition coefficient (Wildman–Crippen LogP) is 4.19. The van der Waals surface area contributed by atoms with Gasteiger partial charge in [-0.1, -0.05) is 23.8 Å². The second kappa shape index (κ2) is 8.15. The highest BCUT2D eigenvalue weighted by atomic mass is 19.1. The van der Waals surface area contributed by atoms with Gasteiger partial charge in [-0.25, -0.2) is 4.39 Å². The van der Waals surface area contributed by atoms with E-state index < -0.39 is 0 Å². The van der Waals surface area contributed by atoms with E-state index in [0.717, 1.165) is 27.7 Å². The van der Waals surface area contributed by atoms with E-state index in [2.05, 4.69) is 36.3 Å². The van der Waals surface area contributed by atoms with E-state index in [4.69, 9.17) is 0 Å². The molecular weight excluding hydrogens is 353 g/mol. The number of halogens is 1. The van der Waals surface area contributed by atoms with Gasteiger partial charge in [0, 0.05) is 23.1 Å². The number of nitrogens with zero attached hydrogens (tertiary/aromatic N) is 1. The molecule has 0 fully saturated rings. The fourth-order valence-corrected chi connectivity index (χ4v) is 3.81. The third kappa shape index (κ3) is 4.25. The number of aromatic amines is 1. The van der Waals surface area contributed by atoms with Crippen molar-refractivity contribution in [1.29, 1.82) is 0 Å². The maximum absolute atomic E-state index is 13.6. The first-order chi connectivity index (χ1) is 13.3. The molecule has 0 aliphatic rings. The van der Waals surface area contributed by atoms with Crippen LogP contribution in [-0.2, 0) is 11.2 Å². The summed E-state index contributed by atoms with van der Waals surface area (Å²) in [6.07, 6.45) is 0.317. The first-order valence-corrected chi connectivity index (χ1v) is 9.53. The van der Waals surface area contributed by atoms with Crippen molar-refractivity contribution in [3.63, 3.8) is 0 Å². The van der Waals surface area contributed by atoms with Crippen LogP contribution in [0.1, 0.15) is 34.0 Å². The van der Waals surface area contributed by atoms with Gasteiger partial charge in [0.25, 0.3) is 0 Å². The van der Waals surface area contributed by atoms with E-state index >= 15 is 0 Å². The van der Waals surface area contributed by atoms with Gasteiger partial charge in [-0.2, -0.15) is 0 Å². The molecule has 4 nitrogen and oxygen atoms in total. The summed E-state index contributed by atoms with van der Waals surface area (Å²) in [6, 6.07) is 10.7. The number of fused-ring (bicyclic) bond motifs is 1.